The lowest BCUT2D eigenvalue weighted by Crippen LogP contribution is -2.40. The van der Waals surface area contributed by atoms with Gasteiger partial charge in [0.25, 0.3) is 0 Å². The summed E-state index contributed by atoms with van der Waals surface area (Å²) in [6.45, 7) is 9.59. The van der Waals surface area contributed by atoms with Crippen molar-refractivity contribution in [2.24, 2.45) is 0 Å². The highest BCUT2D eigenvalue weighted by molar-refractivity contribution is 4.89. The molecule has 0 radical (unpaired) electrons. The molecule has 0 saturated carbocycles. The van der Waals surface area contributed by atoms with Gasteiger partial charge in [-0.05, 0) is 26.4 Å². The summed E-state index contributed by atoms with van der Waals surface area (Å²) in [7, 11) is 2.24. The summed E-state index contributed by atoms with van der Waals surface area (Å²) < 4.78 is 0. The summed E-state index contributed by atoms with van der Waals surface area (Å²) in [5, 5.41) is 3.65. The van der Waals surface area contributed by atoms with Gasteiger partial charge in [0.1, 0.15) is 0 Å². The summed E-state index contributed by atoms with van der Waals surface area (Å²) in [5.74, 6) is 0. The molecule has 2 atom stereocenters. The lowest BCUT2D eigenvalue weighted by molar-refractivity contribution is 0.235. The molecule has 2 aliphatic rings. The molecular weight excluding hydrogens is 186 g/mol. The Morgan fingerprint density at radius 1 is 1.13 bits per heavy atom. The maximum absolute atomic E-state index is 3.65. The van der Waals surface area contributed by atoms with Gasteiger partial charge < -0.3 is 10.2 Å². The zero-order valence-corrected chi connectivity index (χ0v) is 10.4. The third-order valence-electron chi connectivity index (χ3n) is 3.67. The Labute approximate surface area is 93.8 Å². The molecule has 3 heteroatoms. The molecule has 0 aliphatic carbocycles. The van der Waals surface area contributed by atoms with Crippen LogP contribution in [0.4, 0.5) is 0 Å². The zero-order valence-electron chi connectivity index (χ0n) is 10.4. The highest BCUT2D eigenvalue weighted by atomic mass is 15.3. The number of nitrogens with zero attached hydrogens (tertiary/aromatic N) is 2. The van der Waals surface area contributed by atoms with Gasteiger partial charge in [0.2, 0.25) is 0 Å². The number of likely N-dealkylation sites (tertiary alicyclic amines) is 2. The Hall–Kier alpha value is -0.120. The second kappa shape index (κ2) is 4.81. The highest BCUT2D eigenvalue weighted by Gasteiger charge is 2.31. The summed E-state index contributed by atoms with van der Waals surface area (Å²) >= 11 is 0. The van der Waals surface area contributed by atoms with Crippen LogP contribution in [0.25, 0.3) is 0 Å². The van der Waals surface area contributed by atoms with E-state index in [-0.39, 0.29) is 0 Å². The van der Waals surface area contributed by atoms with Crippen molar-refractivity contribution < 1.29 is 0 Å². The van der Waals surface area contributed by atoms with Crippen LogP contribution >= 0.6 is 0 Å². The number of rotatable bonds is 3. The third-order valence-corrected chi connectivity index (χ3v) is 3.67. The van der Waals surface area contributed by atoms with Gasteiger partial charge in [0, 0.05) is 37.8 Å². The summed E-state index contributed by atoms with van der Waals surface area (Å²) in [6.07, 6.45) is 2.70. The van der Waals surface area contributed by atoms with Gasteiger partial charge in [-0.2, -0.15) is 0 Å². The van der Waals surface area contributed by atoms with Crippen LogP contribution < -0.4 is 5.32 Å². The van der Waals surface area contributed by atoms with Crippen LogP contribution in [0.1, 0.15) is 26.7 Å². The maximum atomic E-state index is 3.65. The van der Waals surface area contributed by atoms with Crippen molar-refractivity contribution >= 4 is 0 Å². The molecule has 0 aromatic rings. The minimum Gasteiger partial charge on any atom is -0.310 e. The predicted molar refractivity (Wildman–Crippen MR) is 64.2 cm³/mol. The Balaban J connectivity index is 1.77. The van der Waals surface area contributed by atoms with E-state index in [1.54, 1.807) is 0 Å². The van der Waals surface area contributed by atoms with Crippen LogP contribution in [0, 0.1) is 0 Å². The number of hydrogen-bond donors (Lipinski definition) is 1. The minimum atomic E-state index is 0.626. The lowest BCUT2D eigenvalue weighted by atomic mass is 10.2. The van der Waals surface area contributed by atoms with E-state index in [9.17, 15) is 0 Å². The Bertz CT molecular complexity index is 205. The van der Waals surface area contributed by atoms with Gasteiger partial charge in [0.15, 0.2) is 0 Å². The van der Waals surface area contributed by atoms with Crippen molar-refractivity contribution in [3.05, 3.63) is 0 Å². The van der Waals surface area contributed by atoms with E-state index in [1.807, 2.05) is 0 Å². The number of hydrogen-bond acceptors (Lipinski definition) is 3. The van der Waals surface area contributed by atoms with Crippen LogP contribution in [0.15, 0.2) is 0 Å². The molecule has 2 fully saturated rings. The summed E-state index contributed by atoms with van der Waals surface area (Å²) in [5.41, 5.74) is 0. The minimum absolute atomic E-state index is 0.626. The molecule has 0 aromatic carbocycles. The van der Waals surface area contributed by atoms with Gasteiger partial charge in [0.05, 0.1) is 0 Å². The summed E-state index contributed by atoms with van der Waals surface area (Å²) in [6, 6.07) is 2.19. The van der Waals surface area contributed by atoms with Crippen molar-refractivity contribution in [3.8, 4) is 0 Å². The first kappa shape index (κ1) is 11.4. The smallest absolute Gasteiger partial charge is 0.0235 e. The van der Waals surface area contributed by atoms with E-state index in [1.165, 1.54) is 39.0 Å². The fourth-order valence-electron chi connectivity index (χ4n) is 2.94. The van der Waals surface area contributed by atoms with Crippen molar-refractivity contribution in [2.75, 3.05) is 33.2 Å². The first-order valence-corrected chi connectivity index (χ1v) is 6.34. The predicted octanol–water partition coefficient (Wildman–Crippen LogP) is 0.763. The maximum Gasteiger partial charge on any atom is 0.0235 e. The second-order valence-corrected chi connectivity index (χ2v) is 5.51. The normalized spacial score (nSPS) is 34.4. The molecule has 2 heterocycles. The van der Waals surface area contributed by atoms with Crippen molar-refractivity contribution in [3.63, 3.8) is 0 Å². The Morgan fingerprint density at radius 2 is 1.93 bits per heavy atom. The van der Waals surface area contributed by atoms with Gasteiger partial charge in [-0.3, -0.25) is 4.90 Å². The van der Waals surface area contributed by atoms with Crippen LogP contribution in [0.2, 0.25) is 0 Å². The largest absolute Gasteiger partial charge is 0.310 e. The summed E-state index contributed by atoms with van der Waals surface area (Å²) in [4.78, 5) is 5.14. The van der Waals surface area contributed by atoms with Crippen LogP contribution in [-0.4, -0.2) is 61.2 Å². The molecule has 0 amide bonds. The monoisotopic (exact) mass is 211 g/mol. The number of likely N-dealkylation sites (N-methyl/N-ethyl adjacent to an activating group) is 1. The molecule has 0 bridgehead atoms. The fourth-order valence-corrected chi connectivity index (χ4v) is 2.94. The molecule has 0 aromatic heterocycles. The van der Waals surface area contributed by atoms with Gasteiger partial charge in [-0.1, -0.05) is 13.8 Å². The average Bonchev–Trinajstić information content (AvgIpc) is 2.72. The lowest BCUT2D eigenvalue weighted by Gasteiger charge is -2.24. The fraction of sp³-hybridized carbons (Fsp3) is 1.00. The van der Waals surface area contributed by atoms with E-state index in [4.69, 9.17) is 0 Å². The molecule has 88 valence electrons. The van der Waals surface area contributed by atoms with E-state index in [0.717, 1.165) is 12.1 Å². The van der Waals surface area contributed by atoms with Gasteiger partial charge >= 0.3 is 0 Å². The van der Waals surface area contributed by atoms with Gasteiger partial charge in [-0.15, -0.1) is 0 Å². The van der Waals surface area contributed by atoms with E-state index in [0.29, 0.717) is 6.04 Å². The molecule has 0 spiro atoms. The van der Waals surface area contributed by atoms with E-state index >= 15 is 0 Å². The molecule has 2 rings (SSSR count). The topological polar surface area (TPSA) is 18.5 Å². The highest BCUT2D eigenvalue weighted by Crippen LogP contribution is 2.19. The average molecular weight is 211 g/mol. The first-order chi connectivity index (χ1) is 7.15. The van der Waals surface area contributed by atoms with Crippen LogP contribution in [0.3, 0.4) is 0 Å². The Morgan fingerprint density at radius 3 is 2.53 bits per heavy atom. The molecule has 2 aliphatic heterocycles. The molecule has 15 heavy (non-hydrogen) atoms. The Kier molecular flexibility index (Phi) is 3.65. The van der Waals surface area contributed by atoms with E-state index < -0.39 is 0 Å². The molecule has 2 unspecified atom stereocenters. The molecular formula is C12H25N3. The SMILES string of the molecule is CC(C)NC1CCN(C2CCN(C)C2)C1. The van der Waals surface area contributed by atoms with Crippen molar-refractivity contribution in [2.45, 2.75) is 44.8 Å². The zero-order chi connectivity index (χ0) is 10.8. The van der Waals surface area contributed by atoms with Crippen LogP contribution in [0.5, 0.6) is 0 Å². The van der Waals surface area contributed by atoms with Crippen LogP contribution in [-0.2, 0) is 0 Å². The molecule has 2 saturated heterocycles. The molecule has 3 nitrogen and oxygen atoms in total. The standard InChI is InChI=1S/C12H25N3/c1-10(2)13-11-4-7-15(8-11)12-5-6-14(3)9-12/h10-13H,4-9H2,1-3H3. The van der Waals surface area contributed by atoms with E-state index in [2.05, 4.69) is 36.0 Å². The number of nitrogens with one attached hydrogen (secondary N) is 1. The van der Waals surface area contributed by atoms with Crippen molar-refractivity contribution in [1.29, 1.82) is 0 Å². The van der Waals surface area contributed by atoms with Gasteiger partial charge in [-0.25, -0.2) is 0 Å². The quantitative estimate of drug-likeness (QED) is 0.743. The second-order valence-electron chi connectivity index (χ2n) is 5.51. The molecule has 1 N–H and O–H groups in total. The van der Waals surface area contributed by atoms with Crippen molar-refractivity contribution in [1.82, 2.24) is 15.1 Å². The first-order valence-electron chi connectivity index (χ1n) is 6.34. The third kappa shape index (κ3) is 2.92.